The summed E-state index contributed by atoms with van der Waals surface area (Å²) in [5.41, 5.74) is -0.0316. The summed E-state index contributed by atoms with van der Waals surface area (Å²) in [6.45, 7) is 29.9. The van der Waals surface area contributed by atoms with E-state index in [1.165, 1.54) is 47.8 Å². The Labute approximate surface area is 620 Å². The maximum Gasteiger partial charge on any atom is 0.494 e. The second-order valence-electron chi connectivity index (χ2n) is 30.8. The summed E-state index contributed by atoms with van der Waals surface area (Å²) in [6.07, 6.45) is 11.9. The topological polar surface area (TPSA) is 260 Å². The van der Waals surface area contributed by atoms with Crippen LogP contribution in [0.2, 0.25) is 0 Å². The fourth-order valence-corrected chi connectivity index (χ4v) is 19.8. The van der Waals surface area contributed by atoms with Gasteiger partial charge in [0, 0.05) is 105 Å². The third-order valence-corrected chi connectivity index (χ3v) is 29.6. The molecule has 0 aliphatic carbocycles. The summed E-state index contributed by atoms with van der Waals surface area (Å²) in [5.74, 6) is 1.75. The van der Waals surface area contributed by atoms with Crippen molar-refractivity contribution in [1.29, 1.82) is 0 Å². The Bertz CT molecular complexity index is 3470. The number of halogens is 2. The van der Waals surface area contributed by atoms with Crippen LogP contribution in [-0.2, 0) is 81.5 Å². The quantitative estimate of drug-likeness (QED) is 0.0565. The number of aliphatic hydroxyl groups excluding tert-OH is 1. The number of phenols is 1. The monoisotopic (exact) mass is 1620 g/mol. The molecule has 0 atom stereocenters. The summed E-state index contributed by atoms with van der Waals surface area (Å²) in [5, 5.41) is 18.1. The van der Waals surface area contributed by atoms with Gasteiger partial charge in [0.25, 0.3) is 10.1 Å². The van der Waals surface area contributed by atoms with E-state index in [1.54, 1.807) is 48.5 Å². The fourth-order valence-electron chi connectivity index (χ4n) is 11.8. The van der Waals surface area contributed by atoms with Crippen molar-refractivity contribution in [2.45, 2.75) is 177 Å². The molecule has 7 aliphatic rings. The molecule has 0 aromatic heterocycles. The molecule has 100 heavy (non-hydrogen) atoms. The van der Waals surface area contributed by atoms with Gasteiger partial charge in [-0.05, 0) is 228 Å². The van der Waals surface area contributed by atoms with Gasteiger partial charge in [-0.15, -0.1) is 11.8 Å². The highest BCUT2D eigenvalue weighted by Gasteiger charge is 2.52. The molecule has 7 fully saturated rings. The number of hydrogen-bond donors (Lipinski definition) is 2. The largest absolute Gasteiger partial charge is 0.508 e. The molecule has 19 nitrogen and oxygen atoms in total. The molecule has 7 heterocycles. The minimum Gasteiger partial charge on any atom is -0.508 e. The molecular formula is C73H111BBr2O19S5. The number of rotatable bonds is 17. The Morgan fingerprint density at radius 1 is 0.410 bits per heavy atom. The molecule has 0 spiro atoms. The van der Waals surface area contributed by atoms with Gasteiger partial charge in [0.05, 0.1) is 56.0 Å². The van der Waals surface area contributed by atoms with Crippen molar-refractivity contribution >= 4 is 95.8 Å². The van der Waals surface area contributed by atoms with E-state index in [0.717, 1.165) is 111 Å². The summed E-state index contributed by atoms with van der Waals surface area (Å²) in [4.78, 5) is 2.38. The Morgan fingerprint density at radius 2 is 0.690 bits per heavy atom. The number of sulfone groups is 3. The fraction of sp³-hybridized carbons (Fsp3) is 0.671. The van der Waals surface area contributed by atoms with Gasteiger partial charge in [-0.2, -0.15) is 8.42 Å². The standard InChI is InChI=1S/C19H29BO5S.C13H17BrO3S.C13H17BrOS.C13H18O4S.C8H16O4S.C7H14O2/c1-17(2)18(3,4)25-20(24-17)15-6-8-16(9-7-15)26(21,22)14-19(5)10-12-23-13-11-19;1-13(6-8-17-9-7-13)10-18(15,16)12-4-2-11(14)3-5-12;1-13(6-8-15-9-7-13)10-16-12-4-2-11(14)3-5-12;1-13(6-8-17-9-7-13)10-18(15,16)12-4-2-11(14)3-5-12;1-8(3-5-11-6-4-8)7-12-13(2,9)10;1-7(6-8)2-4-9-5-3-7/h6-9H,10-14H2,1-5H3;2-5H,6-10H2,1H3;2-5H,6-10H2,1H3;2-5,14H,6-10H2,1H3;3-7H2,1-2H3;8H,2-6H2,1H3. The van der Waals surface area contributed by atoms with Crippen LogP contribution in [0.3, 0.4) is 0 Å². The molecule has 0 unspecified atom stereocenters. The number of thioether (sulfide) groups is 1. The van der Waals surface area contributed by atoms with Gasteiger partial charge in [0.15, 0.2) is 29.5 Å². The molecule has 7 aliphatic heterocycles. The third kappa shape index (κ3) is 28.6. The highest BCUT2D eigenvalue weighted by atomic mass is 79.9. The predicted molar refractivity (Wildman–Crippen MR) is 402 cm³/mol. The van der Waals surface area contributed by atoms with Gasteiger partial charge >= 0.3 is 7.12 Å². The smallest absolute Gasteiger partial charge is 0.494 e. The minimum absolute atomic E-state index is 0.0403. The van der Waals surface area contributed by atoms with Crippen molar-refractivity contribution in [2.75, 3.05) is 122 Å². The van der Waals surface area contributed by atoms with Crippen LogP contribution in [0.5, 0.6) is 5.75 Å². The number of ether oxygens (including phenoxy) is 6. The molecule has 27 heteroatoms. The van der Waals surface area contributed by atoms with Crippen LogP contribution in [0.25, 0.3) is 0 Å². The van der Waals surface area contributed by atoms with E-state index in [2.05, 4.69) is 70.0 Å². The molecule has 0 amide bonds. The predicted octanol–water partition coefficient (Wildman–Crippen LogP) is 13.5. The van der Waals surface area contributed by atoms with Crippen LogP contribution in [0.15, 0.2) is 126 Å². The van der Waals surface area contributed by atoms with E-state index in [9.17, 15) is 38.8 Å². The Kier molecular flexibility index (Phi) is 32.7. The van der Waals surface area contributed by atoms with Crippen LogP contribution in [0, 0.1) is 32.5 Å². The highest BCUT2D eigenvalue weighted by molar-refractivity contribution is 9.10. The molecule has 2 N–H and O–H groups in total. The number of benzene rings is 4. The van der Waals surface area contributed by atoms with E-state index in [-0.39, 0.29) is 61.6 Å². The molecule has 564 valence electrons. The second-order valence-corrected chi connectivity index (χ2v) is 41.3. The lowest BCUT2D eigenvalue weighted by atomic mass is 9.79. The lowest BCUT2D eigenvalue weighted by molar-refractivity contribution is -0.00545. The summed E-state index contributed by atoms with van der Waals surface area (Å²) < 4.78 is 147. The molecular weight excluding hydrogens is 1510 g/mol. The Morgan fingerprint density at radius 3 is 1.00 bits per heavy atom. The number of aromatic hydroxyl groups is 1. The Balaban J connectivity index is 0.000000194. The molecule has 4 aromatic carbocycles. The zero-order chi connectivity index (χ0) is 73.8. The van der Waals surface area contributed by atoms with Crippen molar-refractivity contribution in [3.8, 4) is 5.75 Å². The zero-order valence-corrected chi connectivity index (χ0v) is 67.9. The Hall–Kier alpha value is -2.55. The van der Waals surface area contributed by atoms with Crippen LogP contribution < -0.4 is 5.46 Å². The van der Waals surface area contributed by atoms with E-state index in [0.29, 0.717) is 74.7 Å². The first-order valence-electron chi connectivity index (χ1n) is 34.6. The van der Waals surface area contributed by atoms with E-state index >= 15 is 0 Å². The van der Waals surface area contributed by atoms with Gasteiger partial charge in [0.1, 0.15) is 5.75 Å². The molecule has 7 saturated heterocycles. The number of hydrogen-bond acceptors (Lipinski definition) is 20. The van der Waals surface area contributed by atoms with Crippen molar-refractivity contribution in [1.82, 2.24) is 0 Å². The summed E-state index contributed by atoms with van der Waals surface area (Å²) in [7, 11) is -13.6. The molecule has 0 bridgehead atoms. The maximum absolute atomic E-state index is 12.8. The van der Waals surface area contributed by atoms with Gasteiger partial charge < -0.3 is 47.9 Å². The molecule has 4 aromatic rings. The van der Waals surface area contributed by atoms with E-state index in [4.69, 9.17) is 47.0 Å². The van der Waals surface area contributed by atoms with Crippen molar-refractivity contribution in [2.24, 2.45) is 32.5 Å². The van der Waals surface area contributed by atoms with E-state index in [1.807, 2.05) is 67.2 Å². The van der Waals surface area contributed by atoms with Crippen molar-refractivity contribution < 1.29 is 85.8 Å². The third-order valence-electron chi connectivity index (χ3n) is 20.4. The van der Waals surface area contributed by atoms with Gasteiger partial charge in [-0.3, -0.25) is 4.18 Å². The normalized spacial score (nSPS) is 21.9. The van der Waals surface area contributed by atoms with Crippen molar-refractivity contribution in [3.63, 3.8) is 0 Å². The average Bonchev–Trinajstić information content (AvgIpc) is 1.59. The SMILES string of the molecule is CC1(CO)CCOCC1.CC1(COS(C)(=O)=O)CCOCC1.CC1(CS(=O)(=O)c2ccc(B3OC(C)(C)C(C)(C)O3)cc2)CCOCC1.CC1(CS(=O)(=O)c2ccc(Br)cc2)CCOCC1.CC1(CS(=O)(=O)c2ccc(O)cc2)CCOCC1.CC1(CSc2ccc(Br)cc2)CCOCC1. The van der Waals surface area contributed by atoms with Gasteiger partial charge in [-0.25, -0.2) is 25.3 Å². The van der Waals surface area contributed by atoms with Crippen LogP contribution in [0.1, 0.15) is 146 Å². The zero-order valence-electron chi connectivity index (χ0n) is 60.7. The van der Waals surface area contributed by atoms with Gasteiger partial charge in [-0.1, -0.05) is 85.5 Å². The summed E-state index contributed by atoms with van der Waals surface area (Å²) >= 11 is 8.73. The lowest BCUT2D eigenvalue weighted by Gasteiger charge is -2.33. The molecule has 11 rings (SSSR count). The number of aliphatic hydroxyl groups is 1. The maximum atomic E-state index is 12.8. The average molecular weight is 1620 g/mol. The van der Waals surface area contributed by atoms with Crippen LogP contribution >= 0.6 is 43.6 Å². The second kappa shape index (κ2) is 37.8. The van der Waals surface area contributed by atoms with Crippen molar-refractivity contribution in [3.05, 3.63) is 106 Å². The first-order chi connectivity index (χ1) is 46.6. The minimum atomic E-state index is -3.34. The lowest BCUT2D eigenvalue weighted by Crippen LogP contribution is -2.41. The first-order valence-corrected chi connectivity index (χ1v) is 44.0. The molecule has 0 radical (unpaired) electrons. The van der Waals surface area contributed by atoms with Crippen LogP contribution in [0.4, 0.5) is 0 Å². The first kappa shape index (κ1) is 86.4. The van der Waals surface area contributed by atoms with E-state index < -0.39 is 58.0 Å². The number of phenolic OH excluding ortho intramolecular Hbond substituents is 1. The van der Waals surface area contributed by atoms with Crippen LogP contribution in [-0.4, -0.2) is 184 Å². The summed E-state index contributed by atoms with van der Waals surface area (Å²) in [6, 6.07) is 28.0. The van der Waals surface area contributed by atoms with Gasteiger partial charge in [0.2, 0.25) is 0 Å². The molecule has 0 saturated carbocycles. The highest BCUT2D eigenvalue weighted by Crippen LogP contribution is 2.40.